The van der Waals surface area contributed by atoms with Crippen LogP contribution in [0.4, 0.5) is 13.2 Å². The fourth-order valence-corrected chi connectivity index (χ4v) is 3.54. The predicted molar refractivity (Wildman–Crippen MR) is 90.3 cm³/mol. The van der Waals surface area contributed by atoms with Crippen molar-refractivity contribution in [1.82, 2.24) is 23.8 Å². The third-order valence-electron chi connectivity index (χ3n) is 4.29. The molecular formula is C16H14F3N5O2S. The number of nitrogens with zero attached hydrogens (tertiary/aromatic N) is 4. The number of fused-ring (bicyclic) bond motifs is 2. The summed E-state index contributed by atoms with van der Waals surface area (Å²) in [5.41, 5.74) is 1.44. The number of hydrogen-bond donors (Lipinski definition) is 1. The molecule has 1 N–H and O–H groups in total. The maximum absolute atomic E-state index is 13.2. The van der Waals surface area contributed by atoms with Crippen molar-refractivity contribution >= 4 is 28.7 Å². The van der Waals surface area contributed by atoms with Gasteiger partial charge < -0.3 is 10.1 Å². The molecule has 3 heterocycles. The van der Waals surface area contributed by atoms with Crippen molar-refractivity contribution in [1.29, 1.82) is 0 Å². The third kappa shape index (κ3) is 3.52. The molecule has 11 heteroatoms. The molecule has 0 saturated heterocycles. The Morgan fingerprint density at radius 2 is 2.11 bits per heavy atom. The summed E-state index contributed by atoms with van der Waals surface area (Å²) in [7, 11) is 0. The molecule has 0 saturated carbocycles. The molecule has 2 aromatic heterocycles. The van der Waals surface area contributed by atoms with E-state index in [1.165, 1.54) is 4.68 Å². The van der Waals surface area contributed by atoms with Gasteiger partial charge in [0, 0.05) is 29.8 Å². The van der Waals surface area contributed by atoms with Gasteiger partial charge in [-0.05, 0) is 18.2 Å². The number of ether oxygens (including phenoxy) is 1. The number of carbonyl (C=O) groups excluding carboxylic acids is 1. The molecule has 4 rings (SSSR count). The summed E-state index contributed by atoms with van der Waals surface area (Å²) in [6, 6.07) is 4.96. The molecule has 0 bridgehead atoms. The van der Waals surface area contributed by atoms with Crippen LogP contribution in [0.5, 0.6) is 0 Å². The fraction of sp³-hybridized carbons (Fsp3) is 0.375. The molecule has 0 atom stereocenters. The first-order valence-electron chi connectivity index (χ1n) is 8.17. The van der Waals surface area contributed by atoms with Gasteiger partial charge in [-0.25, -0.2) is 0 Å². The SMILES string of the molecule is O=C(NCCn1nc(C(F)(F)F)c2c1CCOC2)c1ccc2nsnc2c1. The van der Waals surface area contributed by atoms with Gasteiger partial charge in [0.25, 0.3) is 5.91 Å². The van der Waals surface area contributed by atoms with Crippen molar-refractivity contribution < 1.29 is 22.7 Å². The van der Waals surface area contributed by atoms with Crippen LogP contribution in [0.2, 0.25) is 0 Å². The van der Waals surface area contributed by atoms with E-state index in [1.807, 2.05) is 0 Å². The number of rotatable bonds is 4. The number of halogens is 3. The molecule has 7 nitrogen and oxygen atoms in total. The summed E-state index contributed by atoms with van der Waals surface area (Å²) < 4.78 is 54.1. The normalized spacial score (nSPS) is 14.3. The van der Waals surface area contributed by atoms with E-state index in [0.29, 0.717) is 35.3 Å². The van der Waals surface area contributed by atoms with Crippen LogP contribution in [-0.2, 0) is 30.5 Å². The molecule has 0 fully saturated rings. The highest BCUT2D eigenvalue weighted by molar-refractivity contribution is 7.00. The van der Waals surface area contributed by atoms with Crippen LogP contribution in [0.15, 0.2) is 18.2 Å². The second-order valence-corrected chi connectivity index (χ2v) is 6.55. The number of alkyl halides is 3. The first kappa shape index (κ1) is 17.9. The van der Waals surface area contributed by atoms with Gasteiger partial charge in [0.15, 0.2) is 5.69 Å². The summed E-state index contributed by atoms with van der Waals surface area (Å²) in [4.78, 5) is 12.3. The number of benzene rings is 1. The Kier molecular flexibility index (Phi) is 4.56. The van der Waals surface area contributed by atoms with E-state index < -0.39 is 11.9 Å². The molecule has 27 heavy (non-hydrogen) atoms. The Morgan fingerprint density at radius 1 is 1.30 bits per heavy atom. The lowest BCUT2D eigenvalue weighted by Gasteiger charge is -2.15. The average molecular weight is 397 g/mol. The van der Waals surface area contributed by atoms with Gasteiger partial charge in [0.2, 0.25) is 0 Å². The summed E-state index contributed by atoms with van der Waals surface area (Å²) in [5.74, 6) is -0.328. The lowest BCUT2D eigenvalue weighted by atomic mass is 10.1. The largest absolute Gasteiger partial charge is 0.435 e. The summed E-state index contributed by atoms with van der Waals surface area (Å²) in [6.45, 7) is 0.547. The Hall–Kier alpha value is -2.53. The zero-order valence-corrected chi connectivity index (χ0v) is 14.7. The van der Waals surface area contributed by atoms with Crippen LogP contribution in [0, 0.1) is 0 Å². The first-order valence-corrected chi connectivity index (χ1v) is 8.90. The zero-order valence-electron chi connectivity index (χ0n) is 13.9. The molecule has 0 spiro atoms. The van der Waals surface area contributed by atoms with E-state index in [-0.39, 0.29) is 31.2 Å². The van der Waals surface area contributed by atoms with E-state index in [1.54, 1.807) is 18.2 Å². The van der Waals surface area contributed by atoms with Crippen LogP contribution in [-0.4, -0.2) is 37.6 Å². The highest BCUT2D eigenvalue weighted by atomic mass is 32.1. The molecule has 1 aliphatic rings. The van der Waals surface area contributed by atoms with Crippen LogP contribution < -0.4 is 5.32 Å². The number of amides is 1. The van der Waals surface area contributed by atoms with Crippen molar-refractivity contribution in [2.75, 3.05) is 13.2 Å². The molecule has 3 aromatic rings. The van der Waals surface area contributed by atoms with Gasteiger partial charge in [0.1, 0.15) is 11.0 Å². The van der Waals surface area contributed by atoms with Gasteiger partial charge in [-0.15, -0.1) is 0 Å². The Morgan fingerprint density at radius 3 is 2.93 bits per heavy atom. The topological polar surface area (TPSA) is 81.9 Å². The number of aromatic nitrogens is 4. The predicted octanol–water partition coefficient (Wildman–Crippen LogP) is 2.41. The standard InChI is InChI=1S/C16H14F3N5O2S/c17-16(18,19)14-10-8-26-6-3-13(10)24(21-14)5-4-20-15(25)9-1-2-11-12(7-9)23-27-22-11/h1-2,7H,3-6,8H2,(H,20,25). The highest BCUT2D eigenvalue weighted by Gasteiger charge is 2.39. The number of nitrogens with one attached hydrogen (secondary N) is 1. The fourth-order valence-electron chi connectivity index (χ4n) is 3.02. The Bertz CT molecular complexity index is 998. The number of carbonyl (C=O) groups is 1. The monoisotopic (exact) mass is 397 g/mol. The van der Waals surface area contributed by atoms with Crippen molar-refractivity contribution in [3.8, 4) is 0 Å². The molecule has 1 aliphatic heterocycles. The lowest BCUT2D eigenvalue weighted by Crippen LogP contribution is -2.28. The van der Waals surface area contributed by atoms with Gasteiger partial charge in [-0.2, -0.15) is 27.0 Å². The molecular weight excluding hydrogens is 383 g/mol. The minimum Gasteiger partial charge on any atom is -0.376 e. The smallest absolute Gasteiger partial charge is 0.376 e. The zero-order chi connectivity index (χ0) is 19.0. The molecule has 0 unspecified atom stereocenters. The lowest BCUT2D eigenvalue weighted by molar-refractivity contribution is -0.142. The summed E-state index contributed by atoms with van der Waals surface area (Å²) in [6.07, 6.45) is -4.17. The van der Waals surface area contributed by atoms with Crippen molar-refractivity contribution in [3.63, 3.8) is 0 Å². The maximum Gasteiger partial charge on any atom is 0.435 e. The van der Waals surface area contributed by atoms with Gasteiger partial charge in [0.05, 0.1) is 31.5 Å². The molecule has 1 amide bonds. The molecule has 0 aliphatic carbocycles. The van der Waals surface area contributed by atoms with E-state index >= 15 is 0 Å². The van der Waals surface area contributed by atoms with Crippen LogP contribution >= 0.6 is 11.7 Å². The second kappa shape index (κ2) is 6.89. The highest BCUT2D eigenvalue weighted by Crippen LogP contribution is 2.34. The molecule has 1 aromatic carbocycles. The van der Waals surface area contributed by atoms with Crippen molar-refractivity contribution in [2.24, 2.45) is 0 Å². The van der Waals surface area contributed by atoms with Crippen LogP contribution in [0.3, 0.4) is 0 Å². The molecule has 0 radical (unpaired) electrons. The maximum atomic E-state index is 13.2. The molecule has 142 valence electrons. The van der Waals surface area contributed by atoms with Crippen molar-refractivity contribution in [2.45, 2.75) is 25.7 Å². The second-order valence-electron chi connectivity index (χ2n) is 6.02. The summed E-state index contributed by atoms with van der Waals surface area (Å²) >= 11 is 1.06. The van der Waals surface area contributed by atoms with E-state index in [2.05, 4.69) is 19.2 Å². The van der Waals surface area contributed by atoms with E-state index in [0.717, 1.165) is 11.7 Å². The number of hydrogen-bond acceptors (Lipinski definition) is 6. The Labute approximate surface area is 155 Å². The minimum atomic E-state index is -4.53. The van der Waals surface area contributed by atoms with Gasteiger partial charge >= 0.3 is 6.18 Å². The quantitative estimate of drug-likeness (QED) is 0.731. The summed E-state index contributed by atoms with van der Waals surface area (Å²) in [5, 5.41) is 6.41. The minimum absolute atomic E-state index is 0.0848. The average Bonchev–Trinajstić information content (AvgIpc) is 3.25. The van der Waals surface area contributed by atoms with Crippen molar-refractivity contribution in [3.05, 3.63) is 40.7 Å². The van der Waals surface area contributed by atoms with Crippen LogP contribution in [0.25, 0.3) is 11.0 Å². The van der Waals surface area contributed by atoms with Crippen LogP contribution in [0.1, 0.15) is 27.3 Å². The van der Waals surface area contributed by atoms with Gasteiger partial charge in [-0.1, -0.05) is 0 Å². The van der Waals surface area contributed by atoms with Gasteiger partial charge in [-0.3, -0.25) is 9.48 Å². The third-order valence-corrected chi connectivity index (χ3v) is 4.85. The first-order chi connectivity index (χ1) is 12.9. The Balaban J connectivity index is 1.45. The van der Waals surface area contributed by atoms with E-state index in [4.69, 9.17) is 4.74 Å². The van der Waals surface area contributed by atoms with E-state index in [9.17, 15) is 18.0 Å².